The van der Waals surface area contributed by atoms with Gasteiger partial charge in [0.2, 0.25) is 0 Å². The minimum atomic E-state index is 0.000370. The minimum Gasteiger partial charge on any atom is -0.397 e. The molecule has 1 aromatic rings. The predicted octanol–water partition coefficient (Wildman–Crippen LogP) is 1.86. The van der Waals surface area contributed by atoms with Crippen LogP contribution in [-0.2, 0) is 0 Å². The largest absolute Gasteiger partial charge is 0.397 e. The number of hydrogen-bond donors (Lipinski definition) is 2. The first kappa shape index (κ1) is 11.6. The second-order valence-corrected chi connectivity index (χ2v) is 3.73. The standard InChI is InChI=1S/C11H19N3O/c1-4-9(5-2)14(3)11(15)10-6-8(12)7-13-10/h6-7,9,13H,4-5,12H2,1-3H3. The Labute approximate surface area is 90.5 Å². The van der Waals surface area contributed by atoms with Crippen molar-refractivity contribution in [2.45, 2.75) is 32.7 Å². The van der Waals surface area contributed by atoms with Crippen molar-refractivity contribution < 1.29 is 4.79 Å². The zero-order valence-electron chi connectivity index (χ0n) is 9.58. The number of nitrogens with two attached hydrogens (primary N) is 1. The van der Waals surface area contributed by atoms with Crippen LogP contribution >= 0.6 is 0 Å². The van der Waals surface area contributed by atoms with E-state index < -0.39 is 0 Å². The molecule has 0 aromatic carbocycles. The third-order valence-corrected chi connectivity index (χ3v) is 2.75. The number of hydrogen-bond acceptors (Lipinski definition) is 2. The van der Waals surface area contributed by atoms with Crippen molar-refractivity contribution in [2.24, 2.45) is 0 Å². The van der Waals surface area contributed by atoms with E-state index in [1.807, 2.05) is 7.05 Å². The molecule has 0 aliphatic rings. The summed E-state index contributed by atoms with van der Waals surface area (Å²) < 4.78 is 0. The molecule has 0 atom stereocenters. The van der Waals surface area contributed by atoms with Crippen LogP contribution in [0, 0.1) is 0 Å². The van der Waals surface area contributed by atoms with Crippen LogP contribution in [0.5, 0.6) is 0 Å². The van der Waals surface area contributed by atoms with Gasteiger partial charge >= 0.3 is 0 Å². The number of rotatable bonds is 4. The third-order valence-electron chi connectivity index (χ3n) is 2.75. The Kier molecular flexibility index (Phi) is 3.77. The molecule has 0 bridgehead atoms. The van der Waals surface area contributed by atoms with Gasteiger partial charge in [-0.25, -0.2) is 0 Å². The van der Waals surface area contributed by atoms with Gasteiger partial charge in [0.15, 0.2) is 0 Å². The molecule has 1 rings (SSSR count). The number of aromatic amines is 1. The highest BCUT2D eigenvalue weighted by atomic mass is 16.2. The van der Waals surface area contributed by atoms with E-state index in [9.17, 15) is 4.79 Å². The van der Waals surface area contributed by atoms with E-state index in [2.05, 4.69) is 18.8 Å². The second kappa shape index (κ2) is 4.87. The fourth-order valence-electron chi connectivity index (χ4n) is 1.73. The Morgan fingerprint density at radius 3 is 2.53 bits per heavy atom. The molecule has 4 nitrogen and oxygen atoms in total. The number of carbonyl (C=O) groups is 1. The molecule has 1 amide bonds. The fourth-order valence-corrected chi connectivity index (χ4v) is 1.73. The smallest absolute Gasteiger partial charge is 0.270 e. The maximum atomic E-state index is 12.0. The molecule has 0 aliphatic heterocycles. The summed E-state index contributed by atoms with van der Waals surface area (Å²) in [6, 6.07) is 1.96. The van der Waals surface area contributed by atoms with Crippen LogP contribution in [0.1, 0.15) is 37.2 Å². The predicted molar refractivity (Wildman–Crippen MR) is 61.7 cm³/mol. The molecule has 1 heterocycles. The Morgan fingerprint density at radius 2 is 2.13 bits per heavy atom. The molecular formula is C11H19N3O. The van der Waals surface area contributed by atoms with Crippen molar-refractivity contribution in [2.75, 3.05) is 12.8 Å². The first-order valence-corrected chi connectivity index (χ1v) is 5.31. The zero-order valence-corrected chi connectivity index (χ0v) is 9.58. The lowest BCUT2D eigenvalue weighted by Gasteiger charge is -2.25. The molecule has 0 aliphatic carbocycles. The maximum absolute atomic E-state index is 12.0. The molecule has 0 radical (unpaired) electrons. The van der Waals surface area contributed by atoms with Crippen molar-refractivity contribution in [3.05, 3.63) is 18.0 Å². The average molecular weight is 209 g/mol. The summed E-state index contributed by atoms with van der Waals surface area (Å²) in [5, 5.41) is 0. The molecule has 3 N–H and O–H groups in total. The van der Waals surface area contributed by atoms with Crippen molar-refractivity contribution in [1.29, 1.82) is 0 Å². The first-order valence-electron chi connectivity index (χ1n) is 5.31. The Balaban J connectivity index is 2.76. The topological polar surface area (TPSA) is 62.1 Å². The molecule has 0 spiro atoms. The van der Waals surface area contributed by atoms with E-state index >= 15 is 0 Å². The number of carbonyl (C=O) groups excluding carboxylic acids is 1. The van der Waals surface area contributed by atoms with E-state index in [0.29, 0.717) is 17.4 Å². The number of amides is 1. The number of H-pyrrole nitrogens is 1. The summed E-state index contributed by atoms with van der Waals surface area (Å²) in [5.41, 5.74) is 6.71. The number of anilines is 1. The van der Waals surface area contributed by atoms with E-state index in [1.54, 1.807) is 17.2 Å². The lowest BCUT2D eigenvalue weighted by Crippen LogP contribution is -2.36. The lowest BCUT2D eigenvalue weighted by molar-refractivity contribution is 0.0718. The molecule has 0 saturated heterocycles. The van der Waals surface area contributed by atoms with Crippen LogP contribution in [0.3, 0.4) is 0 Å². The van der Waals surface area contributed by atoms with Crippen LogP contribution in [0.4, 0.5) is 5.69 Å². The summed E-state index contributed by atoms with van der Waals surface area (Å²) in [7, 11) is 1.83. The molecular weight excluding hydrogens is 190 g/mol. The Bertz CT molecular complexity index is 328. The minimum absolute atomic E-state index is 0.000370. The number of nitrogen functional groups attached to an aromatic ring is 1. The van der Waals surface area contributed by atoms with Gasteiger partial charge < -0.3 is 15.6 Å². The van der Waals surface area contributed by atoms with Gasteiger partial charge in [0.25, 0.3) is 5.91 Å². The number of nitrogens with one attached hydrogen (secondary N) is 1. The molecule has 0 saturated carbocycles. The average Bonchev–Trinajstić information content (AvgIpc) is 2.65. The summed E-state index contributed by atoms with van der Waals surface area (Å²) in [6.07, 6.45) is 3.57. The normalized spacial score (nSPS) is 10.7. The Hall–Kier alpha value is -1.45. The van der Waals surface area contributed by atoms with Crippen molar-refractivity contribution in [1.82, 2.24) is 9.88 Å². The highest BCUT2D eigenvalue weighted by Crippen LogP contribution is 2.12. The van der Waals surface area contributed by atoms with Gasteiger partial charge in [-0.15, -0.1) is 0 Å². The molecule has 1 aromatic heterocycles. The summed E-state index contributed by atoms with van der Waals surface area (Å²) in [6.45, 7) is 4.17. The SMILES string of the molecule is CCC(CC)N(C)C(=O)c1cc(N)c[nH]1. The highest BCUT2D eigenvalue weighted by Gasteiger charge is 2.19. The lowest BCUT2D eigenvalue weighted by atomic mass is 10.1. The Morgan fingerprint density at radius 1 is 1.53 bits per heavy atom. The number of aromatic nitrogens is 1. The van der Waals surface area contributed by atoms with Crippen LogP contribution in [-0.4, -0.2) is 28.9 Å². The van der Waals surface area contributed by atoms with Crippen molar-refractivity contribution in [3.8, 4) is 0 Å². The summed E-state index contributed by atoms with van der Waals surface area (Å²) in [5.74, 6) is 0.000370. The highest BCUT2D eigenvalue weighted by molar-refractivity contribution is 5.93. The van der Waals surface area contributed by atoms with Gasteiger partial charge in [-0.05, 0) is 18.9 Å². The maximum Gasteiger partial charge on any atom is 0.270 e. The molecule has 0 unspecified atom stereocenters. The first-order chi connectivity index (χ1) is 7.10. The fraction of sp³-hybridized carbons (Fsp3) is 0.545. The zero-order chi connectivity index (χ0) is 11.4. The third kappa shape index (κ3) is 2.52. The molecule has 15 heavy (non-hydrogen) atoms. The molecule has 84 valence electrons. The van der Waals surface area contributed by atoms with Crippen LogP contribution in [0.2, 0.25) is 0 Å². The summed E-state index contributed by atoms with van der Waals surface area (Å²) in [4.78, 5) is 16.6. The van der Waals surface area contributed by atoms with E-state index in [-0.39, 0.29) is 5.91 Å². The second-order valence-electron chi connectivity index (χ2n) is 3.73. The van der Waals surface area contributed by atoms with Gasteiger partial charge in [-0.1, -0.05) is 13.8 Å². The van der Waals surface area contributed by atoms with Crippen LogP contribution < -0.4 is 5.73 Å². The summed E-state index contributed by atoms with van der Waals surface area (Å²) >= 11 is 0. The van der Waals surface area contributed by atoms with Gasteiger partial charge in [0, 0.05) is 25.0 Å². The van der Waals surface area contributed by atoms with Crippen LogP contribution in [0.25, 0.3) is 0 Å². The molecule has 4 heteroatoms. The van der Waals surface area contributed by atoms with Crippen molar-refractivity contribution >= 4 is 11.6 Å². The van der Waals surface area contributed by atoms with Gasteiger partial charge in [-0.2, -0.15) is 0 Å². The van der Waals surface area contributed by atoms with Crippen molar-refractivity contribution in [3.63, 3.8) is 0 Å². The van der Waals surface area contributed by atoms with Gasteiger partial charge in [0.1, 0.15) is 5.69 Å². The quantitative estimate of drug-likeness (QED) is 0.795. The monoisotopic (exact) mass is 209 g/mol. The van der Waals surface area contributed by atoms with E-state index in [4.69, 9.17) is 5.73 Å². The van der Waals surface area contributed by atoms with Crippen LogP contribution in [0.15, 0.2) is 12.3 Å². The van der Waals surface area contributed by atoms with E-state index in [1.165, 1.54) is 0 Å². The molecule has 0 fully saturated rings. The van der Waals surface area contributed by atoms with E-state index in [0.717, 1.165) is 12.8 Å². The van der Waals surface area contributed by atoms with Gasteiger partial charge in [-0.3, -0.25) is 4.79 Å². The van der Waals surface area contributed by atoms with Gasteiger partial charge in [0.05, 0.1) is 0 Å². The number of nitrogens with zero attached hydrogens (tertiary/aromatic N) is 1.